The van der Waals surface area contributed by atoms with Gasteiger partial charge in [0.25, 0.3) is 0 Å². The highest BCUT2D eigenvalue weighted by atomic mass is 16.5. The molecule has 0 atom stereocenters. The molecule has 0 radical (unpaired) electrons. The number of Topliss-reactive ketones (excluding diaryl/α,β-unsaturated/α-hetero) is 1. The van der Waals surface area contributed by atoms with E-state index in [4.69, 9.17) is 5.73 Å². The van der Waals surface area contributed by atoms with Gasteiger partial charge in [0.15, 0.2) is 5.78 Å². The molecular formula is C14H19NO3. The molecule has 1 aromatic rings. The van der Waals surface area contributed by atoms with Crippen LogP contribution in [0.3, 0.4) is 0 Å². The van der Waals surface area contributed by atoms with Crippen LogP contribution in [-0.2, 0) is 9.53 Å². The standard InChI is InChI=1S/C14H19NO3/c1-10-7-8-12(15)11(9-10)13(16)5-3-4-6-14(17)18-2/h7-9H,3-6,15H2,1-2H3. The van der Waals surface area contributed by atoms with E-state index in [1.807, 2.05) is 13.0 Å². The Hall–Kier alpha value is -1.84. The summed E-state index contributed by atoms with van der Waals surface area (Å²) in [5.41, 5.74) is 7.87. The number of ether oxygens (including phenoxy) is 1. The number of benzene rings is 1. The van der Waals surface area contributed by atoms with Gasteiger partial charge in [-0.05, 0) is 31.9 Å². The third-order valence-corrected chi connectivity index (χ3v) is 2.77. The Balaban J connectivity index is 2.46. The summed E-state index contributed by atoms with van der Waals surface area (Å²) >= 11 is 0. The van der Waals surface area contributed by atoms with Gasteiger partial charge in [0, 0.05) is 24.1 Å². The lowest BCUT2D eigenvalue weighted by molar-refractivity contribution is -0.140. The zero-order valence-electron chi connectivity index (χ0n) is 10.9. The molecule has 0 aromatic heterocycles. The lowest BCUT2D eigenvalue weighted by Crippen LogP contribution is -2.05. The molecule has 2 N–H and O–H groups in total. The molecule has 0 spiro atoms. The quantitative estimate of drug-likeness (QED) is 0.364. The fraction of sp³-hybridized carbons (Fsp3) is 0.429. The Bertz CT molecular complexity index is 441. The summed E-state index contributed by atoms with van der Waals surface area (Å²) in [4.78, 5) is 22.8. The normalized spacial score (nSPS) is 10.1. The number of nitrogens with two attached hydrogens (primary N) is 1. The molecule has 0 aliphatic rings. The number of nitrogen functional groups attached to an aromatic ring is 1. The number of methoxy groups -OCH3 is 1. The third-order valence-electron chi connectivity index (χ3n) is 2.77. The number of anilines is 1. The predicted octanol–water partition coefficient (Wildman–Crippen LogP) is 2.49. The fourth-order valence-electron chi connectivity index (χ4n) is 1.70. The van der Waals surface area contributed by atoms with E-state index in [1.54, 1.807) is 12.1 Å². The Morgan fingerprint density at radius 1 is 1.22 bits per heavy atom. The Morgan fingerprint density at radius 3 is 2.56 bits per heavy atom. The summed E-state index contributed by atoms with van der Waals surface area (Å²) in [5, 5.41) is 0. The Labute approximate surface area is 107 Å². The minimum atomic E-state index is -0.238. The topological polar surface area (TPSA) is 69.4 Å². The largest absolute Gasteiger partial charge is 0.469 e. The first kappa shape index (κ1) is 14.2. The summed E-state index contributed by atoms with van der Waals surface area (Å²) in [6, 6.07) is 5.43. The highest BCUT2D eigenvalue weighted by Gasteiger charge is 2.10. The van der Waals surface area contributed by atoms with E-state index in [9.17, 15) is 9.59 Å². The molecule has 18 heavy (non-hydrogen) atoms. The molecule has 4 nitrogen and oxygen atoms in total. The maximum atomic E-state index is 11.9. The summed E-state index contributed by atoms with van der Waals surface area (Å²) < 4.78 is 4.53. The SMILES string of the molecule is COC(=O)CCCCC(=O)c1cc(C)ccc1N. The van der Waals surface area contributed by atoms with Crippen LogP contribution in [0.25, 0.3) is 0 Å². The second-order valence-corrected chi connectivity index (χ2v) is 4.30. The minimum Gasteiger partial charge on any atom is -0.469 e. The molecule has 1 aromatic carbocycles. The predicted molar refractivity (Wildman–Crippen MR) is 70.4 cm³/mol. The van der Waals surface area contributed by atoms with E-state index < -0.39 is 0 Å². The first-order valence-electron chi connectivity index (χ1n) is 6.00. The van der Waals surface area contributed by atoms with E-state index >= 15 is 0 Å². The Kier molecular flexibility index (Phi) is 5.36. The van der Waals surface area contributed by atoms with Crippen LogP contribution in [-0.4, -0.2) is 18.9 Å². The maximum Gasteiger partial charge on any atom is 0.305 e. The highest BCUT2D eigenvalue weighted by molar-refractivity contribution is 6.00. The number of unbranched alkanes of at least 4 members (excludes halogenated alkanes) is 1. The molecular weight excluding hydrogens is 230 g/mol. The number of rotatable bonds is 6. The van der Waals surface area contributed by atoms with Crippen molar-refractivity contribution in [3.63, 3.8) is 0 Å². The van der Waals surface area contributed by atoms with Gasteiger partial charge in [0.1, 0.15) is 0 Å². The number of hydrogen-bond acceptors (Lipinski definition) is 4. The molecule has 0 aliphatic heterocycles. The van der Waals surface area contributed by atoms with Crippen LogP contribution in [0.2, 0.25) is 0 Å². The van der Waals surface area contributed by atoms with Crippen LogP contribution < -0.4 is 5.73 Å². The summed E-state index contributed by atoms with van der Waals surface area (Å²) in [6.07, 6.45) is 2.09. The third kappa shape index (κ3) is 4.20. The van der Waals surface area contributed by atoms with Crippen molar-refractivity contribution in [2.75, 3.05) is 12.8 Å². The van der Waals surface area contributed by atoms with Gasteiger partial charge < -0.3 is 10.5 Å². The summed E-state index contributed by atoms with van der Waals surface area (Å²) in [5.74, 6) is -0.210. The highest BCUT2D eigenvalue weighted by Crippen LogP contribution is 2.17. The second kappa shape index (κ2) is 6.79. The van der Waals surface area contributed by atoms with Gasteiger partial charge in [-0.3, -0.25) is 9.59 Å². The summed E-state index contributed by atoms with van der Waals surface area (Å²) in [6.45, 7) is 1.92. The van der Waals surface area contributed by atoms with Crippen molar-refractivity contribution in [1.29, 1.82) is 0 Å². The molecule has 4 heteroatoms. The summed E-state index contributed by atoms with van der Waals surface area (Å²) in [7, 11) is 1.36. The molecule has 0 fully saturated rings. The zero-order chi connectivity index (χ0) is 13.5. The van der Waals surface area contributed by atoms with Gasteiger partial charge in [0.05, 0.1) is 7.11 Å². The van der Waals surface area contributed by atoms with Crippen LogP contribution in [0.15, 0.2) is 18.2 Å². The average Bonchev–Trinajstić information content (AvgIpc) is 2.36. The number of aryl methyl sites for hydroxylation is 1. The molecule has 0 amide bonds. The van der Waals surface area contributed by atoms with Gasteiger partial charge in [-0.15, -0.1) is 0 Å². The molecule has 0 heterocycles. The van der Waals surface area contributed by atoms with Gasteiger partial charge in [0.2, 0.25) is 0 Å². The molecule has 0 bridgehead atoms. The molecule has 98 valence electrons. The van der Waals surface area contributed by atoms with Crippen molar-refractivity contribution in [3.05, 3.63) is 29.3 Å². The molecule has 0 unspecified atom stereocenters. The van der Waals surface area contributed by atoms with E-state index in [2.05, 4.69) is 4.74 Å². The van der Waals surface area contributed by atoms with Crippen molar-refractivity contribution < 1.29 is 14.3 Å². The van der Waals surface area contributed by atoms with Gasteiger partial charge >= 0.3 is 5.97 Å². The van der Waals surface area contributed by atoms with Crippen molar-refractivity contribution >= 4 is 17.4 Å². The van der Waals surface area contributed by atoms with Crippen molar-refractivity contribution in [2.24, 2.45) is 0 Å². The molecule has 0 aliphatic carbocycles. The van der Waals surface area contributed by atoms with Gasteiger partial charge in [-0.2, -0.15) is 0 Å². The maximum absolute atomic E-state index is 11.9. The van der Waals surface area contributed by atoms with E-state index in [0.29, 0.717) is 36.9 Å². The average molecular weight is 249 g/mol. The van der Waals surface area contributed by atoms with E-state index in [-0.39, 0.29) is 11.8 Å². The van der Waals surface area contributed by atoms with Crippen LogP contribution >= 0.6 is 0 Å². The van der Waals surface area contributed by atoms with Crippen LogP contribution in [0.5, 0.6) is 0 Å². The van der Waals surface area contributed by atoms with Crippen molar-refractivity contribution in [2.45, 2.75) is 32.6 Å². The number of carbonyl (C=O) groups is 2. The fourth-order valence-corrected chi connectivity index (χ4v) is 1.70. The molecule has 1 rings (SSSR count). The van der Waals surface area contributed by atoms with Gasteiger partial charge in [-0.1, -0.05) is 11.6 Å². The first-order chi connectivity index (χ1) is 8.54. The number of esters is 1. The van der Waals surface area contributed by atoms with Crippen LogP contribution in [0.1, 0.15) is 41.6 Å². The van der Waals surface area contributed by atoms with E-state index in [0.717, 1.165) is 5.56 Å². The van der Waals surface area contributed by atoms with Crippen LogP contribution in [0.4, 0.5) is 5.69 Å². The first-order valence-corrected chi connectivity index (χ1v) is 6.00. The minimum absolute atomic E-state index is 0.0288. The van der Waals surface area contributed by atoms with Crippen LogP contribution in [0, 0.1) is 6.92 Å². The Morgan fingerprint density at radius 2 is 1.89 bits per heavy atom. The van der Waals surface area contributed by atoms with Crippen molar-refractivity contribution in [1.82, 2.24) is 0 Å². The second-order valence-electron chi connectivity index (χ2n) is 4.30. The van der Waals surface area contributed by atoms with Crippen molar-refractivity contribution in [3.8, 4) is 0 Å². The molecule has 0 saturated carbocycles. The molecule has 0 saturated heterocycles. The van der Waals surface area contributed by atoms with E-state index in [1.165, 1.54) is 7.11 Å². The lowest BCUT2D eigenvalue weighted by atomic mass is 10.0. The lowest BCUT2D eigenvalue weighted by Gasteiger charge is -2.06. The number of ketones is 1. The monoisotopic (exact) mass is 249 g/mol. The number of carbonyl (C=O) groups excluding carboxylic acids is 2. The smallest absolute Gasteiger partial charge is 0.305 e. The van der Waals surface area contributed by atoms with Gasteiger partial charge in [-0.25, -0.2) is 0 Å². The number of hydrogen-bond donors (Lipinski definition) is 1. The zero-order valence-corrected chi connectivity index (χ0v) is 10.9.